The molecule has 0 fully saturated rings. The van der Waals surface area contributed by atoms with Crippen LogP contribution < -0.4 is 10.6 Å². The number of fused-ring (bicyclic) bond motifs is 1. The van der Waals surface area contributed by atoms with Crippen LogP contribution in [0.15, 0.2) is 30.0 Å². The van der Waals surface area contributed by atoms with Crippen LogP contribution in [-0.2, 0) is 4.79 Å². The highest BCUT2D eigenvalue weighted by Crippen LogP contribution is 2.43. The van der Waals surface area contributed by atoms with Crippen molar-refractivity contribution in [2.75, 3.05) is 10.6 Å². The van der Waals surface area contributed by atoms with Gasteiger partial charge in [-0.15, -0.1) is 0 Å². The van der Waals surface area contributed by atoms with E-state index in [4.69, 9.17) is 0 Å². The van der Waals surface area contributed by atoms with Gasteiger partial charge in [-0.1, -0.05) is 0 Å². The summed E-state index contributed by atoms with van der Waals surface area (Å²) in [5, 5.41) is 23.8. The van der Waals surface area contributed by atoms with Crippen LogP contribution in [0.1, 0.15) is 0 Å². The van der Waals surface area contributed by atoms with Crippen molar-refractivity contribution >= 4 is 22.8 Å². The average molecular weight is 371 g/mol. The van der Waals surface area contributed by atoms with Crippen molar-refractivity contribution in [3.63, 3.8) is 0 Å². The van der Waals surface area contributed by atoms with Crippen LogP contribution in [0.2, 0.25) is 0 Å². The van der Waals surface area contributed by atoms with E-state index >= 15 is 0 Å². The molecular weight excluding hydrogens is 364 g/mol. The molecule has 0 saturated carbocycles. The zero-order valence-corrected chi connectivity index (χ0v) is 11.7. The minimum absolute atomic E-state index is 0.00583. The summed E-state index contributed by atoms with van der Waals surface area (Å²) in [5.41, 5.74) is -8.06. The fourth-order valence-electron chi connectivity index (χ4n) is 2.00. The summed E-state index contributed by atoms with van der Waals surface area (Å²) in [7, 11) is 0. The van der Waals surface area contributed by atoms with Crippen LogP contribution >= 0.6 is 0 Å². The maximum atomic E-state index is 13.2. The Morgan fingerprint density at radius 1 is 1.16 bits per heavy atom. The minimum atomic E-state index is -5.72. The number of nitro groups is 1. The molecule has 0 radical (unpaired) electrons. The number of alkyl halides is 6. The van der Waals surface area contributed by atoms with Crippen molar-refractivity contribution in [2.24, 2.45) is 0 Å². The molecule has 3 N–H and O–H groups in total. The number of ketones is 1. The third-order valence-electron chi connectivity index (χ3n) is 3.20. The van der Waals surface area contributed by atoms with Gasteiger partial charge >= 0.3 is 12.4 Å². The Balaban J connectivity index is 2.63. The maximum absolute atomic E-state index is 13.2. The smallest absolute Gasteiger partial charge is 0.360 e. The van der Waals surface area contributed by atoms with Crippen LogP contribution in [0.5, 0.6) is 0 Å². The van der Waals surface area contributed by atoms with Crippen LogP contribution in [0, 0.1) is 10.1 Å². The molecule has 0 spiro atoms. The van der Waals surface area contributed by atoms with E-state index in [9.17, 15) is 46.4 Å². The summed E-state index contributed by atoms with van der Waals surface area (Å²) >= 11 is 0. The molecule has 0 aliphatic carbocycles. The molecule has 25 heavy (non-hydrogen) atoms. The summed E-state index contributed by atoms with van der Waals surface area (Å²) in [6.45, 7) is 0. The van der Waals surface area contributed by atoms with Crippen molar-refractivity contribution < 1.29 is 41.2 Å². The van der Waals surface area contributed by atoms with Crippen molar-refractivity contribution in [3.8, 4) is 0 Å². The van der Waals surface area contributed by atoms with Gasteiger partial charge in [0.15, 0.2) is 0 Å². The highest BCUT2D eigenvalue weighted by molar-refractivity contribution is 6.03. The number of aliphatic hydroxyl groups is 1. The van der Waals surface area contributed by atoms with Crippen LogP contribution in [0.25, 0.3) is 0 Å². The fraction of sp³-hybridized carbons (Fsp3) is 0.250. The molecule has 1 aromatic carbocycles. The second-order valence-corrected chi connectivity index (χ2v) is 4.85. The predicted molar refractivity (Wildman–Crippen MR) is 70.5 cm³/mol. The number of Topliss-reactive ketones (excluding diaryl/α,β-unsaturated/α-hetero) is 1. The summed E-state index contributed by atoms with van der Waals surface area (Å²) in [6, 6.07) is 2.23. The van der Waals surface area contributed by atoms with E-state index in [2.05, 4.69) is 0 Å². The summed E-state index contributed by atoms with van der Waals surface area (Å²) < 4.78 is 77.3. The van der Waals surface area contributed by atoms with E-state index in [-0.39, 0.29) is 6.20 Å². The first-order valence-corrected chi connectivity index (χ1v) is 6.22. The third kappa shape index (κ3) is 3.22. The van der Waals surface area contributed by atoms with E-state index < -0.39 is 51.4 Å². The molecule has 1 aliphatic rings. The quantitative estimate of drug-likeness (QED) is 0.420. The SMILES string of the molecule is O=C(C1=CNc2cc([N+](=O)[O-])ccc2NC1(O)C(F)(F)F)C(F)(F)F. The number of hydrogen-bond donors (Lipinski definition) is 3. The number of carbonyl (C=O) groups is 1. The number of anilines is 2. The molecular formula is C12H7F6N3O4. The van der Waals surface area contributed by atoms with Gasteiger partial charge < -0.3 is 15.7 Å². The number of benzene rings is 1. The van der Waals surface area contributed by atoms with E-state index in [0.29, 0.717) is 0 Å². The van der Waals surface area contributed by atoms with E-state index in [1.807, 2.05) is 5.32 Å². The second-order valence-electron chi connectivity index (χ2n) is 4.85. The van der Waals surface area contributed by atoms with Gasteiger partial charge in [0.05, 0.1) is 21.9 Å². The summed E-state index contributed by atoms with van der Waals surface area (Å²) in [5.74, 6) is -2.94. The molecule has 1 unspecified atom stereocenters. The summed E-state index contributed by atoms with van der Waals surface area (Å²) in [6.07, 6.45) is -11.4. The summed E-state index contributed by atoms with van der Waals surface area (Å²) in [4.78, 5) is 21.1. The normalized spacial score (nSPS) is 20.5. The Labute approximate surface area is 134 Å². The van der Waals surface area contributed by atoms with Crippen molar-refractivity contribution in [2.45, 2.75) is 18.1 Å². The molecule has 2 rings (SSSR count). The van der Waals surface area contributed by atoms with Gasteiger partial charge in [0, 0.05) is 18.3 Å². The lowest BCUT2D eigenvalue weighted by Crippen LogP contribution is -2.56. The number of nitrogens with one attached hydrogen (secondary N) is 2. The van der Waals surface area contributed by atoms with Gasteiger partial charge in [-0.05, 0) is 6.07 Å². The highest BCUT2D eigenvalue weighted by atomic mass is 19.4. The molecule has 1 aromatic rings. The zero-order valence-electron chi connectivity index (χ0n) is 11.7. The van der Waals surface area contributed by atoms with E-state index in [1.165, 1.54) is 5.32 Å². The standard InChI is InChI=1S/C12H7F6N3O4/c13-11(14,15)9(22)6-4-19-8-3-5(21(24)25)1-2-7(8)20-10(6,23)12(16,17)18/h1-4,19-20,23H. The lowest BCUT2D eigenvalue weighted by Gasteiger charge is -2.32. The molecule has 0 aromatic heterocycles. The first-order chi connectivity index (χ1) is 11.3. The molecule has 0 amide bonds. The molecule has 0 bridgehead atoms. The number of nitro benzene ring substituents is 1. The maximum Gasteiger partial charge on any atom is 0.454 e. The Morgan fingerprint density at radius 3 is 2.24 bits per heavy atom. The highest BCUT2D eigenvalue weighted by Gasteiger charge is 2.62. The Kier molecular flexibility index (Phi) is 4.16. The second kappa shape index (κ2) is 5.61. The number of non-ortho nitro benzene ring substituents is 1. The zero-order chi connectivity index (χ0) is 19.2. The van der Waals surface area contributed by atoms with Crippen LogP contribution in [-0.4, -0.2) is 33.9 Å². The minimum Gasteiger partial charge on any atom is -0.360 e. The number of nitrogens with zero attached hydrogens (tertiary/aromatic N) is 1. The molecule has 1 heterocycles. The predicted octanol–water partition coefficient (Wildman–Crippen LogP) is 2.70. The first-order valence-electron chi connectivity index (χ1n) is 6.22. The van der Waals surface area contributed by atoms with Gasteiger partial charge in [-0.25, -0.2) is 0 Å². The van der Waals surface area contributed by atoms with Crippen molar-refractivity contribution in [1.29, 1.82) is 0 Å². The van der Waals surface area contributed by atoms with Gasteiger partial charge in [-0.2, -0.15) is 26.3 Å². The molecule has 1 atom stereocenters. The number of hydrogen-bond acceptors (Lipinski definition) is 6. The molecule has 1 aliphatic heterocycles. The van der Waals surface area contributed by atoms with E-state index in [0.717, 1.165) is 18.2 Å². The van der Waals surface area contributed by atoms with Crippen molar-refractivity contribution in [1.82, 2.24) is 0 Å². The lowest BCUT2D eigenvalue weighted by atomic mass is 9.98. The Hall–Kier alpha value is -2.83. The first kappa shape index (κ1) is 18.5. The van der Waals surface area contributed by atoms with Gasteiger partial charge in [0.1, 0.15) is 0 Å². The monoisotopic (exact) mass is 371 g/mol. The number of rotatable bonds is 2. The van der Waals surface area contributed by atoms with Crippen LogP contribution in [0.4, 0.5) is 43.4 Å². The van der Waals surface area contributed by atoms with Crippen LogP contribution in [0.3, 0.4) is 0 Å². The molecule has 136 valence electrons. The Bertz CT molecular complexity index is 773. The molecule has 0 saturated heterocycles. The number of halogens is 6. The molecule has 7 nitrogen and oxygen atoms in total. The van der Waals surface area contributed by atoms with Gasteiger partial charge in [0.25, 0.3) is 17.2 Å². The van der Waals surface area contributed by atoms with Gasteiger partial charge in [0.2, 0.25) is 0 Å². The molecule has 13 heteroatoms. The van der Waals surface area contributed by atoms with Crippen molar-refractivity contribution in [3.05, 3.63) is 40.1 Å². The lowest BCUT2D eigenvalue weighted by molar-refractivity contribution is -0.384. The third-order valence-corrected chi connectivity index (χ3v) is 3.20. The largest absolute Gasteiger partial charge is 0.454 e. The van der Waals surface area contributed by atoms with E-state index in [1.54, 1.807) is 0 Å². The fourth-order valence-corrected chi connectivity index (χ4v) is 2.00. The average Bonchev–Trinajstić information content (AvgIpc) is 2.60. The number of carbonyl (C=O) groups excluding carboxylic acids is 1. The Morgan fingerprint density at radius 2 is 1.76 bits per heavy atom. The topological polar surface area (TPSA) is 104 Å². The van der Waals surface area contributed by atoms with Gasteiger partial charge in [-0.3, -0.25) is 14.9 Å².